The molecule has 4 rings (SSSR count). The molecule has 0 bridgehead atoms. The normalized spacial score (nSPS) is 24.6. The lowest BCUT2D eigenvalue weighted by Crippen LogP contribution is -2.42. The first-order valence-corrected chi connectivity index (χ1v) is 12.8. The van der Waals surface area contributed by atoms with Gasteiger partial charge in [-0.2, -0.15) is 0 Å². The molecule has 0 aliphatic heterocycles. The van der Waals surface area contributed by atoms with Crippen LogP contribution in [0.2, 0.25) is 5.02 Å². The van der Waals surface area contributed by atoms with Crippen LogP contribution in [0.15, 0.2) is 48.5 Å². The number of halogens is 1. The van der Waals surface area contributed by atoms with E-state index in [1.54, 1.807) is 18.2 Å². The van der Waals surface area contributed by atoms with Crippen molar-refractivity contribution >= 4 is 23.5 Å². The molecule has 2 aromatic rings. The highest BCUT2D eigenvalue weighted by molar-refractivity contribution is 6.30. The number of carboxylic acid groups (broad SMARTS) is 1. The maximum Gasteiger partial charge on any atom is 0.335 e. The van der Waals surface area contributed by atoms with E-state index in [1.807, 2.05) is 18.2 Å². The van der Waals surface area contributed by atoms with E-state index in [0.717, 1.165) is 56.9 Å². The third kappa shape index (κ3) is 6.61. The highest BCUT2D eigenvalue weighted by Gasteiger charge is 2.32. The Kier molecular flexibility index (Phi) is 8.63. The lowest BCUT2D eigenvalue weighted by molar-refractivity contribution is -0.128. The average Bonchev–Trinajstić information content (AvgIpc) is 3.29. The van der Waals surface area contributed by atoms with Crippen molar-refractivity contribution in [3.8, 4) is 0 Å². The maximum atomic E-state index is 13.0. The van der Waals surface area contributed by atoms with Gasteiger partial charge in [-0.05, 0) is 86.6 Å². The Labute approximate surface area is 206 Å². The molecular formula is C28H34ClNO4. The van der Waals surface area contributed by atoms with E-state index in [0.29, 0.717) is 29.5 Å². The lowest BCUT2D eigenvalue weighted by atomic mass is 9.86. The Bertz CT molecular complexity index is 972. The Morgan fingerprint density at radius 1 is 1.00 bits per heavy atom. The van der Waals surface area contributed by atoms with Crippen molar-refractivity contribution in [1.82, 2.24) is 5.32 Å². The van der Waals surface area contributed by atoms with Crippen molar-refractivity contribution in [1.29, 1.82) is 0 Å². The minimum Gasteiger partial charge on any atom is -0.478 e. The molecule has 2 aromatic carbocycles. The van der Waals surface area contributed by atoms with Crippen LogP contribution in [0.25, 0.3) is 0 Å². The summed E-state index contributed by atoms with van der Waals surface area (Å²) < 4.78 is 6.07. The first kappa shape index (κ1) is 24.7. The number of nitrogens with one attached hydrogen (secondary N) is 1. The van der Waals surface area contributed by atoms with Gasteiger partial charge in [-0.3, -0.25) is 4.79 Å². The van der Waals surface area contributed by atoms with E-state index in [2.05, 4.69) is 17.4 Å². The van der Waals surface area contributed by atoms with Crippen molar-refractivity contribution in [2.75, 3.05) is 0 Å². The molecule has 2 atom stereocenters. The molecule has 0 unspecified atom stereocenters. The number of amides is 1. The van der Waals surface area contributed by atoms with Crippen LogP contribution in [0.4, 0.5) is 0 Å². The van der Waals surface area contributed by atoms with Gasteiger partial charge in [-0.1, -0.05) is 48.4 Å². The molecule has 2 aliphatic carbocycles. The summed E-state index contributed by atoms with van der Waals surface area (Å²) in [4.78, 5) is 24.5. The van der Waals surface area contributed by atoms with Crippen LogP contribution in [-0.4, -0.2) is 29.1 Å². The van der Waals surface area contributed by atoms with E-state index in [-0.39, 0.29) is 24.0 Å². The summed E-state index contributed by atoms with van der Waals surface area (Å²) in [7, 11) is 0. The van der Waals surface area contributed by atoms with Gasteiger partial charge in [0.1, 0.15) is 0 Å². The fourth-order valence-electron chi connectivity index (χ4n) is 5.47. The zero-order chi connectivity index (χ0) is 23.9. The third-order valence-electron chi connectivity index (χ3n) is 7.44. The van der Waals surface area contributed by atoms with Crippen molar-refractivity contribution in [3.63, 3.8) is 0 Å². The molecule has 0 radical (unpaired) electrons. The number of rotatable bonds is 9. The SMILES string of the molecule is O=C(O)c1ccc(Cl)cc1CC[C@@H]1CCC[C@@H]1NC(=O)C1CCC(OCc2ccccc2)CC1. The monoisotopic (exact) mass is 483 g/mol. The van der Waals surface area contributed by atoms with Crippen molar-refractivity contribution in [2.45, 2.75) is 76.5 Å². The molecule has 6 heteroatoms. The molecule has 0 spiro atoms. The van der Waals surface area contributed by atoms with E-state index in [9.17, 15) is 14.7 Å². The zero-order valence-electron chi connectivity index (χ0n) is 19.5. The van der Waals surface area contributed by atoms with E-state index in [4.69, 9.17) is 16.3 Å². The smallest absolute Gasteiger partial charge is 0.335 e. The lowest BCUT2D eigenvalue weighted by Gasteiger charge is -2.30. The molecule has 0 aromatic heterocycles. The molecule has 0 heterocycles. The van der Waals surface area contributed by atoms with Crippen LogP contribution in [0.1, 0.15) is 72.9 Å². The van der Waals surface area contributed by atoms with Crippen LogP contribution < -0.4 is 5.32 Å². The van der Waals surface area contributed by atoms with Gasteiger partial charge < -0.3 is 15.2 Å². The van der Waals surface area contributed by atoms with E-state index in [1.165, 1.54) is 5.56 Å². The summed E-state index contributed by atoms with van der Waals surface area (Å²) in [5.41, 5.74) is 2.27. The number of ether oxygens (including phenoxy) is 1. The van der Waals surface area contributed by atoms with Gasteiger partial charge in [0.05, 0.1) is 18.3 Å². The third-order valence-corrected chi connectivity index (χ3v) is 7.68. The second-order valence-electron chi connectivity index (χ2n) is 9.72. The predicted molar refractivity (Wildman–Crippen MR) is 133 cm³/mol. The molecule has 0 saturated heterocycles. The van der Waals surface area contributed by atoms with Crippen LogP contribution in [0.3, 0.4) is 0 Å². The summed E-state index contributed by atoms with van der Waals surface area (Å²) in [6, 6.07) is 15.3. The number of carboxylic acids is 1. The highest BCUT2D eigenvalue weighted by atomic mass is 35.5. The summed E-state index contributed by atoms with van der Waals surface area (Å²) in [6.07, 6.45) is 8.47. The van der Waals surface area contributed by atoms with Crippen LogP contribution in [0, 0.1) is 11.8 Å². The summed E-state index contributed by atoms with van der Waals surface area (Å²) in [5, 5.41) is 13.4. The number of hydrogen-bond acceptors (Lipinski definition) is 3. The first-order valence-electron chi connectivity index (χ1n) is 12.5. The number of carbonyl (C=O) groups excluding carboxylic acids is 1. The van der Waals surface area contributed by atoms with Crippen molar-refractivity contribution < 1.29 is 19.4 Å². The molecule has 182 valence electrons. The number of aryl methyl sites for hydroxylation is 1. The molecule has 2 N–H and O–H groups in total. The fourth-order valence-corrected chi connectivity index (χ4v) is 5.67. The van der Waals surface area contributed by atoms with Gasteiger partial charge >= 0.3 is 5.97 Å². The number of benzene rings is 2. The maximum absolute atomic E-state index is 13.0. The summed E-state index contributed by atoms with van der Waals surface area (Å²) in [5.74, 6) is -0.321. The minimum atomic E-state index is -0.925. The molecule has 2 fully saturated rings. The Morgan fingerprint density at radius 2 is 1.76 bits per heavy atom. The molecule has 2 aliphatic rings. The number of carbonyl (C=O) groups is 2. The molecular weight excluding hydrogens is 450 g/mol. The van der Waals surface area contributed by atoms with Gasteiger partial charge in [0.2, 0.25) is 5.91 Å². The molecule has 5 nitrogen and oxygen atoms in total. The van der Waals surface area contributed by atoms with E-state index >= 15 is 0 Å². The largest absolute Gasteiger partial charge is 0.478 e. The second-order valence-corrected chi connectivity index (χ2v) is 10.2. The Morgan fingerprint density at radius 3 is 2.50 bits per heavy atom. The molecule has 34 heavy (non-hydrogen) atoms. The van der Waals surface area contributed by atoms with E-state index < -0.39 is 5.97 Å². The minimum absolute atomic E-state index is 0.0596. The Hall–Kier alpha value is -2.37. The zero-order valence-corrected chi connectivity index (χ0v) is 20.3. The van der Waals surface area contributed by atoms with Crippen molar-refractivity contribution in [2.24, 2.45) is 11.8 Å². The average molecular weight is 484 g/mol. The standard InChI is InChI=1S/C28H34ClNO4/c29-23-13-16-25(28(32)33)22(17-23)10-9-20-7-4-8-26(20)30-27(31)21-11-14-24(15-12-21)34-18-19-5-2-1-3-6-19/h1-3,5-6,13,16-17,20-21,24,26H,4,7-12,14-15,18H2,(H,30,31)(H,32,33)/t20-,21?,24?,26-/m0/s1. The van der Waals surface area contributed by atoms with Crippen LogP contribution >= 0.6 is 11.6 Å². The molecule has 2 saturated carbocycles. The van der Waals surface area contributed by atoms with Crippen molar-refractivity contribution in [3.05, 3.63) is 70.2 Å². The van der Waals surface area contributed by atoms with Gasteiger partial charge in [0, 0.05) is 17.0 Å². The quantitative estimate of drug-likeness (QED) is 0.456. The van der Waals surface area contributed by atoms with Gasteiger partial charge in [0.25, 0.3) is 0 Å². The van der Waals surface area contributed by atoms with Gasteiger partial charge in [-0.15, -0.1) is 0 Å². The predicted octanol–water partition coefficient (Wildman–Crippen LogP) is 6.03. The summed E-state index contributed by atoms with van der Waals surface area (Å²) >= 11 is 6.10. The number of aromatic carboxylic acids is 1. The van der Waals surface area contributed by atoms with Crippen LogP contribution in [0.5, 0.6) is 0 Å². The highest BCUT2D eigenvalue weighted by Crippen LogP contribution is 2.32. The number of hydrogen-bond donors (Lipinski definition) is 2. The van der Waals surface area contributed by atoms with Crippen LogP contribution in [-0.2, 0) is 22.6 Å². The van der Waals surface area contributed by atoms with Gasteiger partial charge in [0.15, 0.2) is 0 Å². The Balaban J connectivity index is 1.23. The topological polar surface area (TPSA) is 75.6 Å². The first-order chi connectivity index (χ1) is 16.5. The summed E-state index contributed by atoms with van der Waals surface area (Å²) in [6.45, 7) is 0.627. The second kappa shape index (κ2) is 11.9. The van der Waals surface area contributed by atoms with Gasteiger partial charge in [-0.25, -0.2) is 4.79 Å². The fraction of sp³-hybridized carbons (Fsp3) is 0.500. The molecule has 1 amide bonds.